The number of hydrogen-bond donors (Lipinski definition) is 0. The van der Waals surface area contributed by atoms with Gasteiger partial charge in [0.15, 0.2) is 0 Å². The highest BCUT2D eigenvalue weighted by Gasteiger charge is 2.57. The van der Waals surface area contributed by atoms with Crippen LogP contribution in [0.1, 0.15) is 30.7 Å². The van der Waals surface area contributed by atoms with Gasteiger partial charge in [0.1, 0.15) is 10.5 Å². The zero-order chi connectivity index (χ0) is 19.0. The summed E-state index contributed by atoms with van der Waals surface area (Å²) in [5.74, 6) is -0.425. The second-order valence-corrected chi connectivity index (χ2v) is 8.17. The number of Topliss-reactive ketones (excluding diaryl/α,β-unsaturated/α-hetero) is 1. The maximum absolute atomic E-state index is 13.6. The van der Waals surface area contributed by atoms with Gasteiger partial charge in [-0.25, -0.2) is 9.69 Å². The van der Waals surface area contributed by atoms with Gasteiger partial charge in [0.25, 0.3) is 5.91 Å². The normalized spacial score (nSPS) is 24.2. The van der Waals surface area contributed by atoms with Gasteiger partial charge >= 0.3 is 6.09 Å². The number of amides is 2. The number of fused-ring (bicyclic) bond motifs is 3. The molecule has 0 unspecified atom stereocenters. The molecule has 0 saturated heterocycles. The summed E-state index contributed by atoms with van der Waals surface area (Å²) in [4.78, 5) is 40.5. The van der Waals surface area contributed by atoms with E-state index in [0.29, 0.717) is 24.9 Å². The van der Waals surface area contributed by atoms with Crippen LogP contribution in [0.15, 0.2) is 59.5 Å². The molecule has 138 valence electrons. The van der Waals surface area contributed by atoms with Crippen LogP contribution in [-0.4, -0.2) is 29.6 Å². The van der Waals surface area contributed by atoms with Crippen LogP contribution >= 0.6 is 11.8 Å². The third kappa shape index (κ3) is 2.84. The van der Waals surface area contributed by atoms with Crippen molar-refractivity contribution in [3.63, 3.8) is 0 Å². The first-order valence-electron chi connectivity index (χ1n) is 8.84. The van der Waals surface area contributed by atoms with Gasteiger partial charge in [-0.2, -0.15) is 0 Å². The van der Waals surface area contributed by atoms with Crippen molar-refractivity contribution in [3.05, 3.63) is 60.2 Å². The molecular weight excluding hydrogens is 362 g/mol. The molecule has 2 aromatic carbocycles. The number of methoxy groups -OCH3 is 1. The smallest absolute Gasteiger partial charge is 0.420 e. The maximum atomic E-state index is 13.6. The maximum Gasteiger partial charge on any atom is 0.420 e. The summed E-state index contributed by atoms with van der Waals surface area (Å²) in [5.41, 5.74) is 1.36. The van der Waals surface area contributed by atoms with Crippen molar-refractivity contribution in [1.82, 2.24) is 0 Å². The molecule has 0 N–H and O–H groups in total. The van der Waals surface area contributed by atoms with Crippen LogP contribution in [0.25, 0.3) is 0 Å². The van der Waals surface area contributed by atoms with Crippen molar-refractivity contribution in [2.24, 2.45) is 0 Å². The van der Waals surface area contributed by atoms with Crippen molar-refractivity contribution in [2.45, 2.75) is 34.8 Å². The molecule has 0 spiro atoms. The topological polar surface area (TPSA) is 63.7 Å². The van der Waals surface area contributed by atoms with Crippen LogP contribution in [0.3, 0.4) is 0 Å². The van der Waals surface area contributed by atoms with E-state index in [1.807, 2.05) is 42.5 Å². The Morgan fingerprint density at radius 3 is 2.56 bits per heavy atom. The summed E-state index contributed by atoms with van der Waals surface area (Å²) in [6, 6.07) is 16.9. The van der Waals surface area contributed by atoms with Gasteiger partial charge in [-0.3, -0.25) is 9.59 Å². The largest absolute Gasteiger partial charge is 0.452 e. The van der Waals surface area contributed by atoms with Crippen molar-refractivity contribution in [1.29, 1.82) is 0 Å². The molecule has 0 radical (unpaired) electrons. The fourth-order valence-electron chi connectivity index (χ4n) is 4.03. The van der Waals surface area contributed by atoms with Crippen molar-refractivity contribution in [3.8, 4) is 0 Å². The van der Waals surface area contributed by atoms with E-state index in [9.17, 15) is 14.4 Å². The van der Waals surface area contributed by atoms with Gasteiger partial charge in [-0.05, 0) is 30.2 Å². The third-order valence-electron chi connectivity index (χ3n) is 5.29. The van der Waals surface area contributed by atoms with E-state index in [1.54, 1.807) is 12.1 Å². The molecule has 1 heterocycles. The summed E-state index contributed by atoms with van der Waals surface area (Å²) in [6.45, 7) is 0. The molecular formula is C21H19NO4S. The predicted octanol–water partition coefficient (Wildman–Crippen LogP) is 4.17. The van der Waals surface area contributed by atoms with Crippen LogP contribution < -0.4 is 4.90 Å². The number of ether oxygens (including phenoxy) is 1. The lowest BCUT2D eigenvalue weighted by Crippen LogP contribution is -2.58. The molecule has 2 atom stereocenters. The SMILES string of the molecule is COC(=O)N1C(=O)[C@@]2(Sc3ccccc3)CCC(=O)C[C@H]2c2ccccc21. The lowest BCUT2D eigenvalue weighted by atomic mass is 9.70. The molecule has 4 rings (SSSR count). The second kappa shape index (κ2) is 6.85. The highest BCUT2D eigenvalue weighted by Crippen LogP contribution is 2.56. The zero-order valence-electron chi connectivity index (χ0n) is 14.9. The van der Waals surface area contributed by atoms with Gasteiger partial charge in [-0.15, -0.1) is 11.8 Å². The number of para-hydroxylation sites is 1. The Hall–Kier alpha value is -2.60. The molecule has 2 aliphatic rings. The number of imide groups is 1. The molecule has 2 amide bonds. The van der Waals surface area contributed by atoms with Crippen molar-refractivity contribution >= 4 is 35.2 Å². The van der Waals surface area contributed by atoms with Crippen molar-refractivity contribution in [2.75, 3.05) is 12.0 Å². The predicted molar refractivity (Wildman–Crippen MR) is 103 cm³/mol. The lowest BCUT2D eigenvalue weighted by Gasteiger charge is -2.48. The Morgan fingerprint density at radius 1 is 1.11 bits per heavy atom. The van der Waals surface area contributed by atoms with E-state index < -0.39 is 10.8 Å². The molecule has 6 heteroatoms. The first kappa shape index (κ1) is 17.8. The number of carbonyl (C=O) groups is 3. The summed E-state index contributed by atoms with van der Waals surface area (Å²) in [7, 11) is 1.27. The molecule has 0 bridgehead atoms. The number of ketones is 1. The highest BCUT2D eigenvalue weighted by molar-refractivity contribution is 8.01. The van der Waals surface area contributed by atoms with E-state index in [2.05, 4.69) is 0 Å². The average molecular weight is 381 g/mol. The fraction of sp³-hybridized carbons (Fsp3) is 0.286. The summed E-state index contributed by atoms with van der Waals surface area (Å²) < 4.78 is 4.00. The van der Waals surface area contributed by atoms with Crippen LogP contribution in [-0.2, 0) is 14.3 Å². The number of hydrogen-bond acceptors (Lipinski definition) is 5. The Labute approximate surface area is 161 Å². The Kier molecular flexibility index (Phi) is 4.52. The zero-order valence-corrected chi connectivity index (χ0v) is 15.7. The quantitative estimate of drug-likeness (QED) is 0.781. The van der Waals surface area contributed by atoms with Gasteiger partial charge in [0, 0.05) is 23.7 Å². The minimum absolute atomic E-state index is 0.151. The Balaban J connectivity index is 1.90. The van der Waals surface area contributed by atoms with Gasteiger partial charge in [-0.1, -0.05) is 36.4 Å². The molecule has 1 aliphatic carbocycles. The first-order valence-corrected chi connectivity index (χ1v) is 9.65. The molecule has 5 nitrogen and oxygen atoms in total. The van der Waals surface area contributed by atoms with Crippen LogP contribution in [0.2, 0.25) is 0 Å². The molecule has 1 saturated carbocycles. The van der Waals surface area contributed by atoms with Crippen LogP contribution in [0.5, 0.6) is 0 Å². The second-order valence-electron chi connectivity index (χ2n) is 6.77. The monoisotopic (exact) mass is 381 g/mol. The van der Waals surface area contributed by atoms with Crippen LogP contribution in [0.4, 0.5) is 10.5 Å². The van der Waals surface area contributed by atoms with Gasteiger partial charge in [0.05, 0.1) is 12.8 Å². The van der Waals surface area contributed by atoms with Gasteiger partial charge in [0.2, 0.25) is 0 Å². The minimum atomic E-state index is -0.905. The standard InChI is InChI=1S/C21H19NO4S/c1-26-20(25)22-18-10-6-5-9-16(18)17-13-14(23)11-12-21(17,19(22)24)27-15-7-3-2-4-8-15/h2-10,17H,11-13H2,1H3/t17-,21+/m0/s1. The molecule has 2 aromatic rings. The molecule has 27 heavy (non-hydrogen) atoms. The van der Waals surface area contributed by atoms with E-state index in [-0.39, 0.29) is 17.6 Å². The number of rotatable bonds is 2. The lowest BCUT2D eigenvalue weighted by molar-refractivity contribution is -0.126. The summed E-state index contributed by atoms with van der Waals surface area (Å²) in [6.07, 6.45) is 0.337. The Morgan fingerprint density at radius 2 is 1.81 bits per heavy atom. The number of benzene rings is 2. The average Bonchev–Trinajstić information content (AvgIpc) is 2.70. The molecule has 1 fully saturated rings. The number of nitrogens with zero attached hydrogens (tertiary/aromatic N) is 1. The summed E-state index contributed by atoms with van der Waals surface area (Å²) in [5, 5.41) is 0. The minimum Gasteiger partial charge on any atom is -0.452 e. The number of carbonyl (C=O) groups excluding carboxylic acids is 3. The highest BCUT2D eigenvalue weighted by atomic mass is 32.2. The van der Waals surface area contributed by atoms with E-state index in [4.69, 9.17) is 4.74 Å². The van der Waals surface area contributed by atoms with E-state index in [1.165, 1.54) is 18.9 Å². The fourth-order valence-corrected chi connectivity index (χ4v) is 5.48. The van der Waals surface area contributed by atoms with Gasteiger partial charge < -0.3 is 4.74 Å². The van der Waals surface area contributed by atoms with Crippen molar-refractivity contribution < 1.29 is 19.1 Å². The third-order valence-corrected chi connectivity index (χ3v) is 6.82. The number of thioether (sulfide) groups is 1. The van der Waals surface area contributed by atoms with E-state index in [0.717, 1.165) is 15.4 Å². The van der Waals surface area contributed by atoms with Crippen LogP contribution in [0, 0.1) is 0 Å². The molecule has 1 aliphatic heterocycles. The Bertz CT molecular complexity index is 913. The first-order chi connectivity index (χ1) is 13.1. The molecule has 0 aromatic heterocycles. The van der Waals surface area contributed by atoms with E-state index >= 15 is 0 Å². The summed E-state index contributed by atoms with van der Waals surface area (Å²) >= 11 is 1.45. The number of anilines is 1.